The minimum Gasteiger partial charge on any atom is -0.477 e. The number of amides is 2. The molecule has 0 atom stereocenters. The molecule has 0 fully saturated rings. The molecule has 0 unspecified atom stereocenters. The smallest absolute Gasteiger partial charge is 0.344 e. The van der Waals surface area contributed by atoms with Gasteiger partial charge in [-0.15, -0.1) is 0 Å². The van der Waals surface area contributed by atoms with Crippen molar-refractivity contribution < 1.29 is 28.2 Å². The number of nitrogens with zero attached hydrogens (tertiary/aromatic N) is 2. The van der Waals surface area contributed by atoms with Crippen LogP contribution in [0.1, 0.15) is 27.9 Å². The monoisotopic (exact) mass is 462 g/mol. The van der Waals surface area contributed by atoms with Crippen LogP contribution in [0.15, 0.2) is 6.07 Å². The Balaban J connectivity index is 2.09. The number of rotatable bonds is 9. The number of hydrogen-bond donors (Lipinski definition) is 3. The molecule has 12 heteroatoms. The van der Waals surface area contributed by atoms with Crippen molar-refractivity contribution in [1.29, 1.82) is 0 Å². The maximum absolute atomic E-state index is 14.2. The van der Waals surface area contributed by atoms with Crippen molar-refractivity contribution in [3.63, 3.8) is 0 Å². The van der Waals surface area contributed by atoms with Gasteiger partial charge in [0, 0.05) is 6.54 Å². The first-order valence-electron chi connectivity index (χ1n) is 8.80. The quantitative estimate of drug-likeness (QED) is 0.387. The van der Waals surface area contributed by atoms with E-state index in [9.17, 15) is 23.5 Å². The van der Waals surface area contributed by atoms with Crippen molar-refractivity contribution in [2.75, 3.05) is 32.5 Å². The molecule has 0 bridgehead atoms. The van der Waals surface area contributed by atoms with Crippen LogP contribution in [-0.4, -0.2) is 53.6 Å². The van der Waals surface area contributed by atoms with E-state index in [1.807, 2.05) is 19.0 Å². The van der Waals surface area contributed by atoms with Gasteiger partial charge in [0.1, 0.15) is 17.4 Å². The summed E-state index contributed by atoms with van der Waals surface area (Å²) in [4.78, 5) is 25.5. The number of carboxylic acids is 1. The SMILES string of the molecule is Cc1cc(F)c(COc2nsc(NC(=O)NCCCN(C)C)c2C(=O)O)c(F)c1Cl. The lowest BCUT2D eigenvalue weighted by Crippen LogP contribution is -2.31. The fourth-order valence-electron chi connectivity index (χ4n) is 2.42. The van der Waals surface area contributed by atoms with Crippen LogP contribution in [0, 0.1) is 18.6 Å². The lowest BCUT2D eigenvalue weighted by molar-refractivity contribution is 0.0693. The second kappa shape index (κ2) is 10.5. The molecule has 1 aromatic carbocycles. The Morgan fingerprint density at radius 1 is 1.37 bits per heavy atom. The zero-order chi connectivity index (χ0) is 22.4. The number of carbonyl (C=O) groups is 2. The predicted molar refractivity (Wildman–Crippen MR) is 110 cm³/mol. The molecule has 30 heavy (non-hydrogen) atoms. The summed E-state index contributed by atoms with van der Waals surface area (Å²) in [5.41, 5.74) is -0.649. The van der Waals surface area contributed by atoms with E-state index in [2.05, 4.69) is 15.0 Å². The number of halogens is 3. The van der Waals surface area contributed by atoms with Crippen molar-refractivity contribution in [2.45, 2.75) is 20.0 Å². The first-order chi connectivity index (χ1) is 14.1. The topological polar surface area (TPSA) is 104 Å². The Morgan fingerprint density at radius 3 is 2.70 bits per heavy atom. The van der Waals surface area contributed by atoms with Crippen LogP contribution < -0.4 is 15.4 Å². The van der Waals surface area contributed by atoms with E-state index in [-0.39, 0.29) is 21.5 Å². The van der Waals surface area contributed by atoms with Gasteiger partial charge >= 0.3 is 12.0 Å². The molecular formula is C18H21ClF2N4O4S. The summed E-state index contributed by atoms with van der Waals surface area (Å²) in [6.45, 7) is 1.99. The number of anilines is 1. The molecule has 2 rings (SSSR count). The highest BCUT2D eigenvalue weighted by molar-refractivity contribution is 7.11. The maximum atomic E-state index is 14.2. The molecule has 164 valence electrons. The lowest BCUT2D eigenvalue weighted by Gasteiger charge is -2.11. The van der Waals surface area contributed by atoms with Gasteiger partial charge < -0.3 is 20.1 Å². The largest absolute Gasteiger partial charge is 0.477 e. The number of aromatic nitrogens is 1. The number of ether oxygens (including phenoxy) is 1. The number of aromatic carboxylic acids is 1. The fraction of sp³-hybridized carbons (Fsp3) is 0.389. The molecule has 3 N–H and O–H groups in total. The third kappa shape index (κ3) is 6.00. The van der Waals surface area contributed by atoms with E-state index in [0.29, 0.717) is 24.5 Å². The molecular weight excluding hydrogens is 442 g/mol. The van der Waals surface area contributed by atoms with Gasteiger partial charge in [-0.1, -0.05) is 11.6 Å². The van der Waals surface area contributed by atoms with E-state index in [4.69, 9.17) is 16.3 Å². The number of nitrogens with one attached hydrogen (secondary N) is 2. The normalized spacial score (nSPS) is 10.9. The molecule has 0 radical (unpaired) electrons. The number of carbonyl (C=O) groups excluding carboxylic acids is 1. The summed E-state index contributed by atoms with van der Waals surface area (Å²) < 4.78 is 37.3. The van der Waals surface area contributed by atoms with Crippen LogP contribution in [-0.2, 0) is 6.61 Å². The second-order valence-corrected chi connectivity index (χ2v) is 7.76. The van der Waals surface area contributed by atoms with Gasteiger partial charge in [-0.05, 0) is 57.1 Å². The highest BCUT2D eigenvalue weighted by Crippen LogP contribution is 2.32. The van der Waals surface area contributed by atoms with Crippen molar-refractivity contribution >= 4 is 40.1 Å². The van der Waals surface area contributed by atoms with Crippen LogP contribution in [0.25, 0.3) is 0 Å². The second-order valence-electron chi connectivity index (χ2n) is 6.61. The minimum atomic E-state index is -1.41. The Morgan fingerprint density at radius 2 is 2.07 bits per heavy atom. The Kier molecular flexibility index (Phi) is 8.33. The molecule has 0 aliphatic heterocycles. The van der Waals surface area contributed by atoms with E-state index in [0.717, 1.165) is 12.6 Å². The molecule has 8 nitrogen and oxygen atoms in total. The van der Waals surface area contributed by atoms with E-state index in [1.54, 1.807) is 0 Å². The first kappa shape index (κ1) is 23.8. The molecule has 0 aliphatic carbocycles. The molecule has 0 saturated heterocycles. The Bertz CT molecular complexity index is 939. The zero-order valence-corrected chi connectivity index (χ0v) is 18.1. The van der Waals surface area contributed by atoms with Gasteiger partial charge in [0.15, 0.2) is 11.4 Å². The zero-order valence-electron chi connectivity index (χ0n) is 16.5. The summed E-state index contributed by atoms with van der Waals surface area (Å²) in [7, 11) is 3.81. The Labute approximate surface area is 180 Å². The summed E-state index contributed by atoms with van der Waals surface area (Å²) in [5.74, 6) is -3.65. The third-order valence-corrected chi connectivity index (χ3v) is 5.17. The summed E-state index contributed by atoms with van der Waals surface area (Å²) in [6, 6.07) is 0.450. The average molecular weight is 463 g/mol. The number of aryl methyl sites for hydroxylation is 1. The number of urea groups is 1. The molecule has 0 saturated carbocycles. The molecule has 2 aromatic rings. The first-order valence-corrected chi connectivity index (χ1v) is 9.95. The number of hydrogen-bond acceptors (Lipinski definition) is 6. The van der Waals surface area contributed by atoms with Crippen LogP contribution in [0.5, 0.6) is 5.88 Å². The molecule has 0 aliphatic rings. The van der Waals surface area contributed by atoms with Crippen LogP contribution >= 0.6 is 23.1 Å². The summed E-state index contributed by atoms with van der Waals surface area (Å²) >= 11 is 6.46. The standard InChI is InChI=1S/C18H21ClF2N4O4S/c1-9-7-11(20)10(14(21)13(9)19)8-29-15-12(17(26)27)16(30-24-15)23-18(28)22-5-4-6-25(2)3/h7H,4-6,8H2,1-3H3,(H,26,27)(H2,22,23,28). The van der Waals surface area contributed by atoms with Gasteiger partial charge in [0.2, 0.25) is 5.88 Å². The summed E-state index contributed by atoms with van der Waals surface area (Å²) in [5, 5.41) is 14.1. The minimum absolute atomic E-state index is 0.0644. The van der Waals surface area contributed by atoms with E-state index < -0.39 is 41.4 Å². The van der Waals surface area contributed by atoms with Gasteiger partial charge in [-0.25, -0.2) is 18.4 Å². The lowest BCUT2D eigenvalue weighted by atomic mass is 10.1. The van der Waals surface area contributed by atoms with Crippen molar-refractivity contribution in [3.05, 3.63) is 39.4 Å². The third-order valence-electron chi connectivity index (χ3n) is 3.96. The van der Waals surface area contributed by atoms with Gasteiger partial charge in [0.05, 0.1) is 10.6 Å². The number of benzene rings is 1. The van der Waals surface area contributed by atoms with Gasteiger partial charge in [0.25, 0.3) is 0 Å². The summed E-state index contributed by atoms with van der Waals surface area (Å²) in [6.07, 6.45) is 0.708. The molecule has 1 aromatic heterocycles. The molecule has 0 spiro atoms. The molecule has 1 heterocycles. The van der Waals surface area contributed by atoms with Gasteiger partial charge in [-0.2, -0.15) is 4.37 Å². The van der Waals surface area contributed by atoms with Crippen LogP contribution in [0.2, 0.25) is 5.02 Å². The number of carboxylic acid groups (broad SMARTS) is 1. The van der Waals surface area contributed by atoms with Crippen LogP contribution in [0.3, 0.4) is 0 Å². The van der Waals surface area contributed by atoms with Gasteiger partial charge in [-0.3, -0.25) is 5.32 Å². The average Bonchev–Trinajstić information content (AvgIpc) is 3.05. The van der Waals surface area contributed by atoms with Crippen molar-refractivity contribution in [2.24, 2.45) is 0 Å². The predicted octanol–water partition coefficient (Wildman–Crippen LogP) is 3.73. The van der Waals surface area contributed by atoms with Crippen molar-refractivity contribution in [3.8, 4) is 5.88 Å². The highest BCUT2D eigenvalue weighted by Gasteiger charge is 2.24. The van der Waals surface area contributed by atoms with Crippen LogP contribution in [0.4, 0.5) is 18.6 Å². The van der Waals surface area contributed by atoms with E-state index >= 15 is 0 Å². The fourth-order valence-corrected chi connectivity index (χ4v) is 3.31. The highest BCUT2D eigenvalue weighted by atomic mass is 35.5. The maximum Gasteiger partial charge on any atom is 0.344 e. The Hall–Kier alpha value is -2.50. The van der Waals surface area contributed by atoms with E-state index in [1.165, 1.54) is 6.92 Å². The molecule has 2 amide bonds. The van der Waals surface area contributed by atoms with Crippen molar-refractivity contribution in [1.82, 2.24) is 14.6 Å².